The van der Waals surface area contributed by atoms with Crippen LogP contribution < -0.4 is 5.32 Å². The largest absolute Gasteiger partial charge is 0.385 e. The third kappa shape index (κ3) is 5.94. The molecule has 0 saturated heterocycles. The molecule has 1 rings (SSSR count). The summed E-state index contributed by atoms with van der Waals surface area (Å²) in [5.74, 6) is -3.40. The summed E-state index contributed by atoms with van der Waals surface area (Å²) in [7, 11) is -2.92. The van der Waals surface area contributed by atoms with Crippen LogP contribution in [0.15, 0.2) is 29.2 Å². The van der Waals surface area contributed by atoms with E-state index in [2.05, 4.69) is 5.32 Å². The lowest BCUT2D eigenvalue weighted by Crippen LogP contribution is -2.11. The first-order valence-electron chi connectivity index (χ1n) is 6.41. The van der Waals surface area contributed by atoms with E-state index in [1.165, 1.54) is 24.3 Å². The van der Waals surface area contributed by atoms with E-state index in [-0.39, 0.29) is 4.90 Å². The van der Waals surface area contributed by atoms with Crippen LogP contribution in [0.25, 0.3) is 0 Å². The summed E-state index contributed by atoms with van der Waals surface area (Å²) >= 11 is 0. The summed E-state index contributed by atoms with van der Waals surface area (Å²) in [6.45, 7) is 2.30. The van der Waals surface area contributed by atoms with Crippen molar-refractivity contribution < 1.29 is 26.7 Å². The van der Waals surface area contributed by atoms with Crippen molar-refractivity contribution in [2.24, 2.45) is 0 Å². The van der Waals surface area contributed by atoms with E-state index >= 15 is 0 Å². The maximum Gasteiger partial charge on any atom is 0.341 e. The van der Waals surface area contributed by atoms with E-state index < -0.39 is 15.6 Å². The van der Waals surface area contributed by atoms with Crippen LogP contribution in [0.1, 0.15) is 6.42 Å². The summed E-state index contributed by atoms with van der Waals surface area (Å²) in [5, 5.41) is 3.05. The van der Waals surface area contributed by atoms with Crippen LogP contribution in [0.5, 0.6) is 0 Å². The standard InChI is InChI=1S/C13H19F2NO4S/c1-19-9-10-20-8-2-7-16-11-3-5-12(6-4-11)21(17,18)13(14)15/h3-6,13,16H,2,7-10H2,1H3. The van der Waals surface area contributed by atoms with Gasteiger partial charge in [-0.3, -0.25) is 0 Å². The maximum absolute atomic E-state index is 12.3. The monoisotopic (exact) mass is 323 g/mol. The predicted molar refractivity (Wildman–Crippen MR) is 75.4 cm³/mol. The van der Waals surface area contributed by atoms with E-state index in [9.17, 15) is 17.2 Å². The zero-order valence-corrected chi connectivity index (χ0v) is 12.5. The number of sulfone groups is 1. The second kappa shape index (κ2) is 8.91. The molecular weight excluding hydrogens is 304 g/mol. The van der Waals surface area contributed by atoms with Gasteiger partial charge in [-0.15, -0.1) is 0 Å². The van der Waals surface area contributed by atoms with Crippen molar-refractivity contribution in [3.05, 3.63) is 24.3 Å². The van der Waals surface area contributed by atoms with E-state index in [1.807, 2.05) is 0 Å². The molecule has 0 unspecified atom stereocenters. The lowest BCUT2D eigenvalue weighted by molar-refractivity contribution is 0.0705. The van der Waals surface area contributed by atoms with Crippen molar-refractivity contribution in [1.29, 1.82) is 0 Å². The van der Waals surface area contributed by atoms with Crippen LogP contribution in [0.4, 0.5) is 14.5 Å². The van der Waals surface area contributed by atoms with Gasteiger partial charge in [0.05, 0.1) is 18.1 Å². The fourth-order valence-corrected chi connectivity index (χ4v) is 2.24. The molecule has 5 nitrogen and oxygen atoms in total. The van der Waals surface area contributed by atoms with Gasteiger partial charge in [0.15, 0.2) is 0 Å². The Balaban J connectivity index is 2.35. The van der Waals surface area contributed by atoms with Gasteiger partial charge >= 0.3 is 5.76 Å². The van der Waals surface area contributed by atoms with E-state index in [1.54, 1.807) is 7.11 Å². The Morgan fingerprint density at radius 2 is 1.81 bits per heavy atom. The number of halogens is 2. The Labute approximate surface area is 123 Å². The highest BCUT2D eigenvalue weighted by Gasteiger charge is 2.26. The van der Waals surface area contributed by atoms with Crippen molar-refractivity contribution in [2.75, 3.05) is 38.8 Å². The molecule has 0 atom stereocenters. The highest BCUT2D eigenvalue weighted by Crippen LogP contribution is 2.20. The molecule has 0 aliphatic rings. The van der Waals surface area contributed by atoms with Crippen molar-refractivity contribution in [3.8, 4) is 0 Å². The number of alkyl halides is 2. The molecule has 0 spiro atoms. The molecule has 0 radical (unpaired) electrons. The molecule has 0 aliphatic carbocycles. The minimum atomic E-state index is -4.52. The van der Waals surface area contributed by atoms with Crippen molar-refractivity contribution in [1.82, 2.24) is 0 Å². The summed E-state index contributed by atoms with van der Waals surface area (Å²) in [5.41, 5.74) is 0.667. The van der Waals surface area contributed by atoms with Crippen LogP contribution in [-0.4, -0.2) is 47.7 Å². The zero-order chi connectivity index (χ0) is 15.7. The smallest absolute Gasteiger partial charge is 0.341 e. The predicted octanol–water partition coefficient (Wildman–Crippen LogP) is 2.15. The van der Waals surface area contributed by atoms with Gasteiger partial charge in [0, 0.05) is 25.9 Å². The first-order chi connectivity index (χ1) is 9.98. The van der Waals surface area contributed by atoms with Crippen molar-refractivity contribution in [2.45, 2.75) is 17.1 Å². The van der Waals surface area contributed by atoms with Crippen LogP contribution in [0.2, 0.25) is 0 Å². The summed E-state index contributed by atoms with van der Waals surface area (Å²) in [6, 6.07) is 5.25. The van der Waals surface area contributed by atoms with Gasteiger partial charge < -0.3 is 14.8 Å². The number of hydrogen-bond acceptors (Lipinski definition) is 5. The molecule has 8 heteroatoms. The molecule has 1 aromatic rings. The maximum atomic E-state index is 12.3. The Hall–Kier alpha value is -1.25. The average molecular weight is 323 g/mol. The number of hydrogen-bond donors (Lipinski definition) is 1. The Kier molecular flexibility index (Phi) is 7.55. The lowest BCUT2D eigenvalue weighted by Gasteiger charge is -2.08. The summed E-state index contributed by atoms with van der Waals surface area (Å²) in [6.07, 6.45) is 0.765. The fourth-order valence-electron chi connectivity index (χ4n) is 1.52. The number of methoxy groups -OCH3 is 1. The number of benzene rings is 1. The van der Waals surface area contributed by atoms with Gasteiger partial charge in [0.25, 0.3) is 0 Å². The Morgan fingerprint density at radius 3 is 2.38 bits per heavy atom. The molecule has 0 saturated carbocycles. The van der Waals surface area contributed by atoms with Crippen LogP contribution in [0, 0.1) is 0 Å². The van der Waals surface area contributed by atoms with Gasteiger partial charge in [0.1, 0.15) is 0 Å². The molecule has 1 aromatic carbocycles. The molecule has 0 heterocycles. The highest BCUT2D eigenvalue weighted by atomic mass is 32.2. The van der Waals surface area contributed by atoms with E-state index in [0.29, 0.717) is 32.1 Å². The number of rotatable bonds is 10. The molecule has 120 valence electrons. The lowest BCUT2D eigenvalue weighted by atomic mass is 10.3. The first kappa shape index (κ1) is 17.8. The van der Waals surface area contributed by atoms with Gasteiger partial charge in [-0.1, -0.05) is 0 Å². The Bertz CT molecular complexity index is 505. The summed E-state index contributed by atoms with van der Waals surface area (Å²) in [4.78, 5) is -0.383. The van der Waals surface area contributed by atoms with Gasteiger partial charge in [-0.2, -0.15) is 8.78 Å². The molecule has 0 bridgehead atoms. The fraction of sp³-hybridized carbons (Fsp3) is 0.538. The SMILES string of the molecule is COCCOCCCNc1ccc(S(=O)(=O)C(F)F)cc1. The molecular formula is C13H19F2NO4S. The van der Waals surface area contributed by atoms with Crippen molar-refractivity contribution in [3.63, 3.8) is 0 Å². The van der Waals surface area contributed by atoms with E-state index in [0.717, 1.165) is 6.42 Å². The van der Waals surface area contributed by atoms with Crippen LogP contribution in [0.3, 0.4) is 0 Å². The third-order valence-corrected chi connectivity index (χ3v) is 4.04. The molecule has 0 aliphatic heterocycles. The van der Waals surface area contributed by atoms with Gasteiger partial charge in [-0.25, -0.2) is 8.42 Å². The molecule has 21 heavy (non-hydrogen) atoms. The normalized spacial score (nSPS) is 11.8. The average Bonchev–Trinajstić information content (AvgIpc) is 2.46. The minimum absolute atomic E-state index is 0.383. The van der Waals surface area contributed by atoms with Crippen LogP contribution >= 0.6 is 0 Å². The molecule has 1 N–H and O–H groups in total. The molecule has 0 aromatic heterocycles. The van der Waals surface area contributed by atoms with Gasteiger partial charge in [0.2, 0.25) is 9.84 Å². The van der Waals surface area contributed by atoms with Crippen molar-refractivity contribution >= 4 is 15.5 Å². The quantitative estimate of drug-likeness (QED) is 0.668. The van der Waals surface area contributed by atoms with E-state index in [4.69, 9.17) is 9.47 Å². The first-order valence-corrected chi connectivity index (χ1v) is 7.96. The molecule has 0 fully saturated rings. The van der Waals surface area contributed by atoms with Gasteiger partial charge in [-0.05, 0) is 30.7 Å². The second-order valence-electron chi connectivity index (χ2n) is 4.22. The van der Waals surface area contributed by atoms with Crippen LogP contribution in [-0.2, 0) is 19.3 Å². The molecule has 0 amide bonds. The number of anilines is 1. The number of ether oxygens (including phenoxy) is 2. The highest BCUT2D eigenvalue weighted by molar-refractivity contribution is 7.91. The topological polar surface area (TPSA) is 64.6 Å². The number of nitrogens with one attached hydrogen (secondary N) is 1. The Morgan fingerprint density at radius 1 is 1.14 bits per heavy atom. The third-order valence-electron chi connectivity index (χ3n) is 2.64. The second-order valence-corrected chi connectivity index (χ2v) is 6.13. The zero-order valence-electron chi connectivity index (χ0n) is 11.7. The summed E-state index contributed by atoms with van der Waals surface area (Å²) < 4.78 is 57.3. The minimum Gasteiger partial charge on any atom is -0.385 e.